The average Bonchev–Trinajstić information content (AvgIpc) is 3.61. The van der Waals surface area contributed by atoms with E-state index in [-0.39, 0.29) is 5.41 Å². The van der Waals surface area contributed by atoms with Crippen LogP contribution in [0.1, 0.15) is 25.0 Å². The Hall–Kier alpha value is -5.86. The Morgan fingerprint density at radius 1 is 0.426 bits per heavy atom. The molecule has 2 heteroatoms. The van der Waals surface area contributed by atoms with Gasteiger partial charge in [0.05, 0.1) is 0 Å². The van der Waals surface area contributed by atoms with Crippen molar-refractivity contribution in [2.75, 3.05) is 4.90 Å². The minimum absolute atomic E-state index is 0.00890. The molecular formula is C45H33NO. The molecule has 2 nitrogen and oxygen atoms in total. The second-order valence-corrected chi connectivity index (χ2v) is 13.0. The fraction of sp³-hybridized carbons (Fsp3) is 0.0667. The van der Waals surface area contributed by atoms with Crippen LogP contribution in [0.4, 0.5) is 17.1 Å². The minimum Gasteiger partial charge on any atom is -0.455 e. The van der Waals surface area contributed by atoms with Gasteiger partial charge in [-0.05, 0) is 87.5 Å². The van der Waals surface area contributed by atoms with Crippen molar-refractivity contribution in [1.29, 1.82) is 0 Å². The van der Waals surface area contributed by atoms with E-state index in [1.807, 2.05) is 12.1 Å². The number of para-hydroxylation sites is 3. The number of hydrogen-bond acceptors (Lipinski definition) is 2. The summed E-state index contributed by atoms with van der Waals surface area (Å²) in [6.45, 7) is 4.66. The average molecular weight is 604 g/mol. The molecule has 0 saturated heterocycles. The normalized spacial score (nSPS) is 13.1. The Bertz CT molecular complexity index is 2430. The van der Waals surface area contributed by atoms with E-state index in [0.717, 1.165) is 50.1 Å². The number of anilines is 3. The molecule has 0 fully saturated rings. The number of furan rings is 1. The first-order chi connectivity index (χ1) is 23.1. The molecule has 0 radical (unpaired) electrons. The van der Waals surface area contributed by atoms with Crippen LogP contribution in [0, 0.1) is 0 Å². The van der Waals surface area contributed by atoms with E-state index in [1.165, 1.54) is 33.4 Å². The lowest BCUT2D eigenvalue weighted by molar-refractivity contribution is 0.660. The van der Waals surface area contributed by atoms with Gasteiger partial charge in [0.2, 0.25) is 0 Å². The molecule has 0 atom stereocenters. The van der Waals surface area contributed by atoms with Gasteiger partial charge >= 0.3 is 0 Å². The maximum Gasteiger partial charge on any atom is 0.143 e. The number of nitrogens with zero attached hydrogens (tertiary/aromatic N) is 1. The summed E-state index contributed by atoms with van der Waals surface area (Å²) in [6, 6.07) is 58.8. The zero-order chi connectivity index (χ0) is 31.5. The first-order valence-corrected chi connectivity index (χ1v) is 16.3. The molecule has 47 heavy (non-hydrogen) atoms. The van der Waals surface area contributed by atoms with E-state index < -0.39 is 0 Å². The SMILES string of the molecule is CC1(C)c2ccccc2-c2cc(-c3ccc(N(c4ccccc4)c4cccc(-c5cccc6c5oc5ccccc56)c4)cc3)ccc21. The first kappa shape index (κ1) is 27.5. The van der Waals surface area contributed by atoms with Crippen molar-refractivity contribution in [2.24, 2.45) is 0 Å². The standard InChI is InChI=1S/C45H33NO/c1-45(2)41-20-8-6-16-37(41)40-29-31(24-27-42(40)45)30-22-25-34(26-23-30)46(33-13-4-3-5-14-33)35-15-10-12-32(28-35)36-18-11-19-39-38-17-7-9-21-43(38)47-44(36)39/h3-29H,1-2H3. The zero-order valence-electron chi connectivity index (χ0n) is 26.4. The molecule has 0 unspecified atom stereocenters. The van der Waals surface area contributed by atoms with Gasteiger partial charge < -0.3 is 9.32 Å². The van der Waals surface area contributed by atoms with Crippen molar-refractivity contribution in [3.63, 3.8) is 0 Å². The van der Waals surface area contributed by atoms with Crippen LogP contribution in [0.5, 0.6) is 0 Å². The second-order valence-electron chi connectivity index (χ2n) is 13.0. The lowest BCUT2D eigenvalue weighted by atomic mass is 9.82. The first-order valence-electron chi connectivity index (χ1n) is 16.3. The molecule has 7 aromatic carbocycles. The quantitative estimate of drug-likeness (QED) is 0.195. The molecule has 0 spiro atoms. The number of hydrogen-bond donors (Lipinski definition) is 0. The van der Waals surface area contributed by atoms with Crippen molar-refractivity contribution in [1.82, 2.24) is 0 Å². The minimum atomic E-state index is 0.00890. The maximum atomic E-state index is 6.41. The van der Waals surface area contributed by atoms with Gasteiger partial charge in [-0.3, -0.25) is 0 Å². The molecular weight excluding hydrogens is 571 g/mol. The smallest absolute Gasteiger partial charge is 0.143 e. The summed E-state index contributed by atoms with van der Waals surface area (Å²) in [7, 11) is 0. The predicted octanol–water partition coefficient (Wildman–Crippen LogP) is 12.7. The summed E-state index contributed by atoms with van der Waals surface area (Å²) in [5.74, 6) is 0. The van der Waals surface area contributed by atoms with Gasteiger partial charge in [-0.2, -0.15) is 0 Å². The van der Waals surface area contributed by atoms with Crippen LogP contribution in [-0.2, 0) is 5.41 Å². The Morgan fingerprint density at radius 3 is 1.94 bits per heavy atom. The van der Waals surface area contributed by atoms with Crippen LogP contribution in [-0.4, -0.2) is 0 Å². The summed E-state index contributed by atoms with van der Waals surface area (Å²) < 4.78 is 6.41. The van der Waals surface area contributed by atoms with Crippen molar-refractivity contribution >= 4 is 39.0 Å². The van der Waals surface area contributed by atoms with Gasteiger partial charge in [0.1, 0.15) is 11.2 Å². The molecule has 0 saturated carbocycles. The molecule has 0 bridgehead atoms. The lowest BCUT2D eigenvalue weighted by Gasteiger charge is -2.26. The molecule has 0 N–H and O–H groups in total. The van der Waals surface area contributed by atoms with Gasteiger partial charge in [-0.15, -0.1) is 0 Å². The molecule has 1 aliphatic carbocycles. The third-order valence-electron chi connectivity index (χ3n) is 9.88. The van der Waals surface area contributed by atoms with Gasteiger partial charge in [0.15, 0.2) is 0 Å². The summed E-state index contributed by atoms with van der Waals surface area (Å²) in [5, 5.41) is 2.28. The topological polar surface area (TPSA) is 16.4 Å². The van der Waals surface area contributed by atoms with E-state index in [9.17, 15) is 0 Å². The Morgan fingerprint density at radius 2 is 1.06 bits per heavy atom. The third-order valence-corrected chi connectivity index (χ3v) is 9.88. The zero-order valence-corrected chi connectivity index (χ0v) is 26.4. The Labute approximate surface area is 275 Å². The van der Waals surface area contributed by atoms with E-state index in [0.29, 0.717) is 0 Å². The van der Waals surface area contributed by atoms with Gasteiger partial charge in [-0.25, -0.2) is 0 Å². The van der Waals surface area contributed by atoms with Gasteiger partial charge in [0, 0.05) is 38.8 Å². The van der Waals surface area contributed by atoms with Crippen molar-refractivity contribution < 1.29 is 4.42 Å². The molecule has 224 valence electrons. The summed E-state index contributed by atoms with van der Waals surface area (Å²) in [5.41, 5.74) is 15.3. The Kier molecular flexibility index (Phi) is 6.20. The molecule has 0 amide bonds. The second kappa shape index (κ2) is 10.6. The number of benzene rings is 7. The van der Waals surface area contributed by atoms with Crippen molar-refractivity contribution in [2.45, 2.75) is 19.3 Å². The Balaban J connectivity index is 1.12. The van der Waals surface area contributed by atoms with Crippen LogP contribution in [0.2, 0.25) is 0 Å². The van der Waals surface area contributed by atoms with Crippen molar-refractivity contribution in [3.05, 3.63) is 175 Å². The van der Waals surface area contributed by atoms with Crippen LogP contribution in [0.3, 0.4) is 0 Å². The maximum absolute atomic E-state index is 6.41. The highest BCUT2D eigenvalue weighted by molar-refractivity contribution is 6.09. The van der Waals surface area contributed by atoms with Crippen LogP contribution in [0.15, 0.2) is 168 Å². The van der Waals surface area contributed by atoms with E-state index in [2.05, 4.69) is 170 Å². The highest BCUT2D eigenvalue weighted by atomic mass is 16.3. The van der Waals surface area contributed by atoms with Crippen LogP contribution < -0.4 is 4.90 Å². The molecule has 1 heterocycles. The summed E-state index contributed by atoms with van der Waals surface area (Å²) >= 11 is 0. The van der Waals surface area contributed by atoms with Gasteiger partial charge in [-0.1, -0.05) is 129 Å². The molecule has 9 rings (SSSR count). The van der Waals surface area contributed by atoms with Gasteiger partial charge in [0.25, 0.3) is 0 Å². The highest BCUT2D eigenvalue weighted by Gasteiger charge is 2.35. The third kappa shape index (κ3) is 4.40. The summed E-state index contributed by atoms with van der Waals surface area (Å²) in [6.07, 6.45) is 0. The summed E-state index contributed by atoms with van der Waals surface area (Å²) in [4.78, 5) is 2.33. The van der Waals surface area contributed by atoms with Crippen LogP contribution in [0.25, 0.3) is 55.3 Å². The number of fused-ring (bicyclic) bond motifs is 6. The fourth-order valence-electron chi connectivity index (χ4n) is 7.51. The number of rotatable bonds is 5. The monoisotopic (exact) mass is 603 g/mol. The predicted molar refractivity (Wildman–Crippen MR) is 197 cm³/mol. The lowest BCUT2D eigenvalue weighted by Crippen LogP contribution is -2.14. The largest absolute Gasteiger partial charge is 0.455 e. The fourth-order valence-corrected chi connectivity index (χ4v) is 7.51. The molecule has 8 aromatic rings. The molecule has 1 aliphatic rings. The highest BCUT2D eigenvalue weighted by Crippen LogP contribution is 2.49. The molecule has 1 aromatic heterocycles. The van der Waals surface area contributed by atoms with E-state index in [1.54, 1.807) is 0 Å². The van der Waals surface area contributed by atoms with E-state index >= 15 is 0 Å². The van der Waals surface area contributed by atoms with E-state index in [4.69, 9.17) is 4.42 Å². The van der Waals surface area contributed by atoms with Crippen molar-refractivity contribution in [3.8, 4) is 33.4 Å². The molecule has 0 aliphatic heterocycles. The van der Waals surface area contributed by atoms with Crippen LogP contribution >= 0.6 is 0 Å².